The number of hydrogen-bond donors (Lipinski definition) is 1. The molecule has 1 atom stereocenters. The molecule has 0 spiro atoms. The maximum absolute atomic E-state index is 12.7. The van der Waals surface area contributed by atoms with E-state index >= 15 is 0 Å². The molecule has 0 aromatic heterocycles. The smallest absolute Gasteiger partial charge is 0.225 e. The van der Waals surface area contributed by atoms with E-state index in [4.69, 9.17) is 5.73 Å². The molecule has 2 N–H and O–H groups in total. The number of nitrogens with zero attached hydrogens (tertiary/aromatic N) is 1. The van der Waals surface area contributed by atoms with Gasteiger partial charge in [-0.3, -0.25) is 4.79 Å². The van der Waals surface area contributed by atoms with Crippen molar-refractivity contribution >= 4 is 5.91 Å². The first-order valence-electron chi connectivity index (χ1n) is 4.36. The predicted molar refractivity (Wildman–Crippen MR) is 44.4 cm³/mol. The molecular formula is C8H15FN2O. The summed E-state index contributed by atoms with van der Waals surface area (Å²) in [5, 5.41) is 0. The van der Waals surface area contributed by atoms with Crippen LogP contribution in [-0.4, -0.2) is 36.6 Å². The number of rotatable bonds is 3. The summed E-state index contributed by atoms with van der Waals surface area (Å²) in [6, 6.07) is 0. The van der Waals surface area contributed by atoms with Gasteiger partial charge in [-0.25, -0.2) is 4.39 Å². The van der Waals surface area contributed by atoms with Crippen molar-refractivity contribution < 1.29 is 9.18 Å². The van der Waals surface area contributed by atoms with Crippen molar-refractivity contribution in [2.75, 3.05) is 19.6 Å². The van der Waals surface area contributed by atoms with Gasteiger partial charge in [0.2, 0.25) is 5.91 Å². The summed E-state index contributed by atoms with van der Waals surface area (Å²) in [7, 11) is 0. The van der Waals surface area contributed by atoms with E-state index in [9.17, 15) is 9.18 Å². The molecule has 0 unspecified atom stereocenters. The molecule has 1 amide bonds. The van der Waals surface area contributed by atoms with Crippen LogP contribution in [-0.2, 0) is 4.79 Å². The molecule has 0 aliphatic carbocycles. The highest BCUT2D eigenvalue weighted by molar-refractivity contribution is 5.76. The van der Waals surface area contributed by atoms with E-state index in [1.165, 1.54) is 0 Å². The van der Waals surface area contributed by atoms with Gasteiger partial charge in [-0.05, 0) is 12.8 Å². The van der Waals surface area contributed by atoms with Crippen LogP contribution < -0.4 is 5.73 Å². The number of carbonyl (C=O) groups excluding carboxylic acids is 1. The minimum Gasteiger partial charge on any atom is -0.343 e. The lowest BCUT2D eigenvalue weighted by Crippen LogP contribution is -2.31. The topological polar surface area (TPSA) is 46.3 Å². The van der Waals surface area contributed by atoms with Crippen molar-refractivity contribution in [1.29, 1.82) is 0 Å². The molecule has 1 rings (SSSR count). The first-order chi connectivity index (χ1) is 5.74. The molecule has 0 bridgehead atoms. The lowest BCUT2D eigenvalue weighted by atomic mass is 10.2. The van der Waals surface area contributed by atoms with E-state index in [2.05, 4.69) is 0 Å². The van der Waals surface area contributed by atoms with E-state index in [0.717, 1.165) is 25.9 Å². The summed E-state index contributed by atoms with van der Waals surface area (Å²) >= 11 is 0. The minimum absolute atomic E-state index is 0.0451. The molecule has 1 fully saturated rings. The molecule has 4 heteroatoms. The van der Waals surface area contributed by atoms with Crippen LogP contribution >= 0.6 is 0 Å². The molecule has 1 aliphatic heterocycles. The Morgan fingerprint density at radius 2 is 2.08 bits per heavy atom. The molecule has 1 aliphatic rings. The summed E-state index contributed by atoms with van der Waals surface area (Å²) < 4.78 is 12.7. The van der Waals surface area contributed by atoms with Gasteiger partial charge in [0.05, 0.1) is 6.42 Å². The van der Waals surface area contributed by atoms with Crippen molar-refractivity contribution in [2.45, 2.75) is 25.4 Å². The van der Waals surface area contributed by atoms with Crippen LogP contribution in [0, 0.1) is 0 Å². The van der Waals surface area contributed by atoms with Crippen molar-refractivity contribution in [1.82, 2.24) is 4.90 Å². The second-order valence-corrected chi connectivity index (χ2v) is 3.13. The molecule has 0 aromatic rings. The highest BCUT2D eigenvalue weighted by Gasteiger charge is 2.20. The third-order valence-electron chi connectivity index (χ3n) is 2.11. The van der Waals surface area contributed by atoms with Crippen molar-refractivity contribution in [3.8, 4) is 0 Å². The van der Waals surface area contributed by atoms with E-state index in [1.54, 1.807) is 4.90 Å². The summed E-state index contributed by atoms with van der Waals surface area (Å²) in [5.74, 6) is -0.0922. The number of alkyl halides is 1. The van der Waals surface area contributed by atoms with E-state index < -0.39 is 6.17 Å². The number of halogens is 1. The predicted octanol–water partition coefficient (Wildman–Crippen LogP) is 0.296. The number of hydrogen-bond acceptors (Lipinski definition) is 2. The number of likely N-dealkylation sites (tertiary alicyclic amines) is 1. The molecule has 0 aromatic carbocycles. The molecule has 3 nitrogen and oxygen atoms in total. The summed E-state index contributed by atoms with van der Waals surface area (Å²) in [6.45, 7) is 1.52. The zero-order chi connectivity index (χ0) is 8.97. The molecule has 70 valence electrons. The van der Waals surface area contributed by atoms with Gasteiger partial charge in [0, 0.05) is 19.6 Å². The first-order valence-corrected chi connectivity index (χ1v) is 4.36. The number of carbonyl (C=O) groups is 1. The van der Waals surface area contributed by atoms with Gasteiger partial charge in [0.25, 0.3) is 0 Å². The zero-order valence-corrected chi connectivity index (χ0v) is 7.13. The number of amides is 1. The quantitative estimate of drug-likeness (QED) is 0.668. The van der Waals surface area contributed by atoms with Crippen LogP contribution in [0.2, 0.25) is 0 Å². The van der Waals surface area contributed by atoms with Crippen LogP contribution in [0.3, 0.4) is 0 Å². The van der Waals surface area contributed by atoms with E-state index in [0.29, 0.717) is 0 Å². The first kappa shape index (κ1) is 9.45. The van der Waals surface area contributed by atoms with E-state index in [-0.39, 0.29) is 18.9 Å². The third-order valence-corrected chi connectivity index (χ3v) is 2.11. The Morgan fingerprint density at radius 1 is 1.50 bits per heavy atom. The fourth-order valence-corrected chi connectivity index (χ4v) is 1.37. The fourth-order valence-electron chi connectivity index (χ4n) is 1.37. The Balaban J connectivity index is 2.27. The van der Waals surface area contributed by atoms with Crippen LogP contribution in [0.15, 0.2) is 0 Å². The van der Waals surface area contributed by atoms with E-state index in [1.807, 2.05) is 0 Å². The van der Waals surface area contributed by atoms with Gasteiger partial charge in [0.1, 0.15) is 6.17 Å². The maximum atomic E-state index is 12.7. The zero-order valence-electron chi connectivity index (χ0n) is 7.13. The molecular weight excluding hydrogens is 159 g/mol. The van der Waals surface area contributed by atoms with Crippen LogP contribution in [0.1, 0.15) is 19.3 Å². The van der Waals surface area contributed by atoms with Crippen molar-refractivity contribution in [2.24, 2.45) is 5.73 Å². The largest absolute Gasteiger partial charge is 0.343 e. The van der Waals surface area contributed by atoms with Crippen molar-refractivity contribution in [3.05, 3.63) is 0 Å². The Morgan fingerprint density at radius 3 is 2.58 bits per heavy atom. The van der Waals surface area contributed by atoms with Gasteiger partial charge >= 0.3 is 0 Å². The standard InChI is InChI=1S/C8H15FN2O/c9-7(6-10)5-8(12)11-3-1-2-4-11/h7H,1-6,10H2/t7-/m1/s1. The molecule has 0 saturated carbocycles. The van der Waals surface area contributed by atoms with Crippen LogP contribution in [0.5, 0.6) is 0 Å². The second-order valence-electron chi connectivity index (χ2n) is 3.13. The summed E-state index contributed by atoms with van der Waals surface area (Å²) in [6.07, 6.45) is 0.880. The van der Waals surface area contributed by atoms with Gasteiger partial charge in [-0.1, -0.05) is 0 Å². The Kier molecular flexibility index (Phi) is 3.47. The SMILES string of the molecule is NC[C@H](F)CC(=O)N1CCCC1. The lowest BCUT2D eigenvalue weighted by Gasteiger charge is -2.15. The fraction of sp³-hybridized carbons (Fsp3) is 0.875. The van der Waals surface area contributed by atoms with Gasteiger partial charge in [-0.2, -0.15) is 0 Å². The molecule has 1 saturated heterocycles. The van der Waals surface area contributed by atoms with Gasteiger partial charge in [-0.15, -0.1) is 0 Å². The highest BCUT2D eigenvalue weighted by Crippen LogP contribution is 2.10. The molecule has 0 radical (unpaired) electrons. The molecule has 1 heterocycles. The second kappa shape index (κ2) is 4.40. The van der Waals surface area contributed by atoms with Crippen LogP contribution in [0.25, 0.3) is 0 Å². The van der Waals surface area contributed by atoms with Gasteiger partial charge < -0.3 is 10.6 Å². The minimum atomic E-state index is -1.17. The Labute approximate surface area is 71.7 Å². The summed E-state index contributed by atoms with van der Waals surface area (Å²) in [5.41, 5.74) is 5.07. The van der Waals surface area contributed by atoms with Crippen LogP contribution in [0.4, 0.5) is 4.39 Å². The number of nitrogens with two attached hydrogens (primary N) is 1. The average molecular weight is 174 g/mol. The summed E-state index contributed by atoms with van der Waals surface area (Å²) in [4.78, 5) is 13.0. The lowest BCUT2D eigenvalue weighted by molar-refractivity contribution is -0.131. The average Bonchev–Trinajstić information content (AvgIpc) is 2.56. The van der Waals surface area contributed by atoms with Crippen molar-refractivity contribution in [3.63, 3.8) is 0 Å². The maximum Gasteiger partial charge on any atom is 0.225 e. The third kappa shape index (κ3) is 2.44. The normalized spacial score (nSPS) is 19.7. The monoisotopic (exact) mass is 174 g/mol. The Hall–Kier alpha value is -0.640. The molecule has 12 heavy (non-hydrogen) atoms. The highest BCUT2D eigenvalue weighted by atomic mass is 19.1. The Bertz CT molecular complexity index is 157. The van der Waals surface area contributed by atoms with Gasteiger partial charge in [0.15, 0.2) is 0 Å².